The minimum absolute atomic E-state index is 1.11. The number of hydrogen-bond acceptors (Lipinski definition) is 1. The fraction of sp³-hybridized carbons (Fsp3) is 0.333. The summed E-state index contributed by atoms with van der Waals surface area (Å²) in [7, 11) is 0. The third-order valence-corrected chi connectivity index (χ3v) is 3.44. The van der Waals surface area contributed by atoms with Crippen molar-refractivity contribution in [3.8, 4) is 10.4 Å². The highest BCUT2D eigenvalue weighted by Gasteiger charge is 1.99. The zero-order chi connectivity index (χ0) is 12.0. The van der Waals surface area contributed by atoms with Crippen LogP contribution in [0.1, 0.15) is 31.2 Å². The van der Waals surface area contributed by atoms with Gasteiger partial charge in [0.15, 0.2) is 0 Å². The average Bonchev–Trinajstić information content (AvgIpc) is 2.79. The number of hydrogen-bond donors (Lipinski definition) is 0. The Hall–Kier alpha value is -1.08. The summed E-state index contributed by atoms with van der Waals surface area (Å²) in [6, 6.07) is 13.2. The quantitative estimate of drug-likeness (QED) is 0.658. The predicted octanol–water partition coefficient (Wildman–Crippen LogP) is 5.31. The van der Waals surface area contributed by atoms with Gasteiger partial charge in [-0.1, -0.05) is 45.0 Å². The molecular formula is C15H20S. The second-order valence-electron chi connectivity index (χ2n) is 3.46. The van der Waals surface area contributed by atoms with E-state index >= 15 is 0 Å². The van der Waals surface area contributed by atoms with Crippen molar-refractivity contribution >= 4 is 11.3 Å². The van der Waals surface area contributed by atoms with Crippen molar-refractivity contribution in [2.45, 2.75) is 34.1 Å². The summed E-state index contributed by atoms with van der Waals surface area (Å²) in [5.74, 6) is 0. The first kappa shape index (κ1) is 13.0. The van der Waals surface area contributed by atoms with Crippen molar-refractivity contribution in [3.05, 3.63) is 46.8 Å². The van der Waals surface area contributed by atoms with E-state index in [1.54, 1.807) is 0 Å². The van der Waals surface area contributed by atoms with Crippen molar-refractivity contribution in [1.29, 1.82) is 0 Å². The van der Waals surface area contributed by atoms with Crippen LogP contribution >= 0.6 is 11.3 Å². The summed E-state index contributed by atoms with van der Waals surface area (Å²) in [6.07, 6.45) is 1.11. The fourth-order valence-electron chi connectivity index (χ4n) is 1.49. The van der Waals surface area contributed by atoms with Crippen LogP contribution in [0.15, 0.2) is 36.4 Å². The molecule has 0 aliphatic heterocycles. The second-order valence-corrected chi connectivity index (χ2v) is 4.75. The summed E-state index contributed by atoms with van der Waals surface area (Å²) in [5.41, 5.74) is 2.74. The van der Waals surface area contributed by atoms with Crippen LogP contribution < -0.4 is 0 Å². The van der Waals surface area contributed by atoms with Crippen molar-refractivity contribution in [1.82, 2.24) is 0 Å². The number of aryl methyl sites for hydroxylation is 2. The zero-order valence-corrected chi connectivity index (χ0v) is 11.4. The minimum Gasteiger partial charge on any atom is -0.141 e. The molecule has 0 amide bonds. The lowest BCUT2D eigenvalue weighted by atomic mass is 10.1. The molecule has 0 unspecified atom stereocenters. The summed E-state index contributed by atoms with van der Waals surface area (Å²) in [4.78, 5) is 2.74. The SMILES string of the molecule is CC.CCc1ccc(-c2ccc(C)s2)cc1. The minimum atomic E-state index is 1.11. The molecule has 0 saturated heterocycles. The molecule has 0 saturated carbocycles. The highest BCUT2D eigenvalue weighted by atomic mass is 32.1. The molecule has 0 nitrogen and oxygen atoms in total. The van der Waals surface area contributed by atoms with E-state index in [1.807, 2.05) is 25.2 Å². The summed E-state index contributed by atoms with van der Waals surface area (Å²) < 4.78 is 0. The molecule has 0 bridgehead atoms. The van der Waals surface area contributed by atoms with Crippen LogP contribution in [0, 0.1) is 6.92 Å². The van der Waals surface area contributed by atoms with Gasteiger partial charge in [-0.05, 0) is 36.6 Å². The first-order chi connectivity index (χ1) is 7.79. The van der Waals surface area contributed by atoms with Gasteiger partial charge in [0.05, 0.1) is 0 Å². The van der Waals surface area contributed by atoms with Crippen molar-refractivity contribution in [2.24, 2.45) is 0 Å². The van der Waals surface area contributed by atoms with E-state index in [1.165, 1.54) is 20.9 Å². The summed E-state index contributed by atoms with van der Waals surface area (Å²) in [5, 5.41) is 0. The number of rotatable bonds is 2. The highest BCUT2D eigenvalue weighted by molar-refractivity contribution is 7.15. The molecule has 1 heteroatoms. The molecule has 0 N–H and O–H groups in total. The Balaban J connectivity index is 0.000000606. The fourth-order valence-corrected chi connectivity index (χ4v) is 2.37. The van der Waals surface area contributed by atoms with Crippen molar-refractivity contribution < 1.29 is 0 Å². The average molecular weight is 232 g/mol. The predicted molar refractivity (Wildman–Crippen MR) is 75.2 cm³/mol. The molecular weight excluding hydrogens is 212 g/mol. The molecule has 1 aromatic carbocycles. The van der Waals surface area contributed by atoms with E-state index < -0.39 is 0 Å². The van der Waals surface area contributed by atoms with Gasteiger partial charge in [-0.15, -0.1) is 11.3 Å². The maximum absolute atomic E-state index is 2.21. The summed E-state index contributed by atoms with van der Waals surface area (Å²) >= 11 is 1.85. The highest BCUT2D eigenvalue weighted by Crippen LogP contribution is 2.27. The lowest BCUT2D eigenvalue weighted by molar-refractivity contribution is 1.14. The van der Waals surface area contributed by atoms with Gasteiger partial charge in [0, 0.05) is 9.75 Å². The Morgan fingerprint density at radius 1 is 0.938 bits per heavy atom. The smallest absolute Gasteiger partial charge is 0.0345 e. The van der Waals surface area contributed by atoms with Gasteiger partial charge in [-0.25, -0.2) is 0 Å². The van der Waals surface area contributed by atoms with Gasteiger partial charge >= 0.3 is 0 Å². The molecule has 0 aliphatic rings. The van der Waals surface area contributed by atoms with Crippen LogP contribution in [-0.2, 0) is 6.42 Å². The monoisotopic (exact) mass is 232 g/mol. The maximum atomic E-state index is 2.21. The molecule has 1 heterocycles. The maximum Gasteiger partial charge on any atom is 0.0345 e. The van der Waals surface area contributed by atoms with Crippen molar-refractivity contribution in [2.75, 3.05) is 0 Å². The second kappa shape index (κ2) is 6.49. The van der Waals surface area contributed by atoms with Crippen LogP contribution in [-0.4, -0.2) is 0 Å². The Morgan fingerprint density at radius 2 is 1.56 bits per heavy atom. The molecule has 0 aliphatic carbocycles. The first-order valence-electron chi connectivity index (χ1n) is 5.95. The number of thiophene rings is 1. The molecule has 0 fully saturated rings. The van der Waals surface area contributed by atoms with Gasteiger partial charge < -0.3 is 0 Å². The van der Waals surface area contributed by atoms with Crippen LogP contribution in [0.2, 0.25) is 0 Å². The molecule has 0 radical (unpaired) electrons. The third kappa shape index (κ3) is 3.21. The third-order valence-electron chi connectivity index (χ3n) is 2.39. The van der Waals surface area contributed by atoms with Crippen LogP contribution in [0.3, 0.4) is 0 Å². The van der Waals surface area contributed by atoms with Crippen LogP contribution in [0.5, 0.6) is 0 Å². The van der Waals surface area contributed by atoms with Gasteiger partial charge in [0.25, 0.3) is 0 Å². The topological polar surface area (TPSA) is 0 Å². The first-order valence-corrected chi connectivity index (χ1v) is 6.77. The molecule has 2 rings (SSSR count). The van der Waals surface area contributed by atoms with Gasteiger partial charge in [-0.3, -0.25) is 0 Å². The Bertz CT molecular complexity index is 409. The lowest BCUT2D eigenvalue weighted by Crippen LogP contribution is -1.78. The Morgan fingerprint density at radius 3 is 2.00 bits per heavy atom. The normalized spacial score (nSPS) is 9.50. The van der Waals surface area contributed by atoms with Gasteiger partial charge in [0.1, 0.15) is 0 Å². The van der Waals surface area contributed by atoms with Crippen LogP contribution in [0.4, 0.5) is 0 Å². The number of benzene rings is 1. The largest absolute Gasteiger partial charge is 0.141 e. The zero-order valence-electron chi connectivity index (χ0n) is 10.6. The molecule has 1 aromatic heterocycles. The Kier molecular flexibility index (Phi) is 5.27. The van der Waals surface area contributed by atoms with E-state index in [4.69, 9.17) is 0 Å². The van der Waals surface area contributed by atoms with Crippen molar-refractivity contribution in [3.63, 3.8) is 0 Å². The van der Waals surface area contributed by atoms with Gasteiger partial charge in [-0.2, -0.15) is 0 Å². The Labute approximate surface area is 103 Å². The molecule has 86 valence electrons. The molecule has 0 spiro atoms. The molecule has 16 heavy (non-hydrogen) atoms. The lowest BCUT2D eigenvalue weighted by Gasteiger charge is -1.99. The molecule has 2 aromatic rings. The van der Waals surface area contributed by atoms with E-state index in [0.717, 1.165) is 6.42 Å². The van der Waals surface area contributed by atoms with E-state index in [0.29, 0.717) is 0 Å². The standard InChI is InChI=1S/C13H14S.C2H6/c1-3-11-5-7-12(8-6-11)13-9-4-10(2)14-13;1-2/h4-9H,3H2,1-2H3;1-2H3. The molecule has 0 atom stereocenters. The van der Waals surface area contributed by atoms with Crippen LogP contribution in [0.25, 0.3) is 10.4 Å². The summed E-state index contributed by atoms with van der Waals surface area (Å²) in [6.45, 7) is 8.33. The van der Waals surface area contributed by atoms with E-state index in [9.17, 15) is 0 Å². The van der Waals surface area contributed by atoms with Gasteiger partial charge in [0.2, 0.25) is 0 Å². The van der Waals surface area contributed by atoms with E-state index in [-0.39, 0.29) is 0 Å². The van der Waals surface area contributed by atoms with E-state index in [2.05, 4.69) is 50.2 Å².